The summed E-state index contributed by atoms with van der Waals surface area (Å²) in [4.78, 5) is 20.4. The van der Waals surface area contributed by atoms with E-state index in [1.165, 1.54) is 18.2 Å². The lowest BCUT2D eigenvalue weighted by molar-refractivity contribution is 0.0953. The number of aryl methyl sites for hydroxylation is 1. The normalized spacial score (nSPS) is 10.5. The van der Waals surface area contributed by atoms with Crippen LogP contribution < -0.4 is 10.6 Å². The molecule has 7 heteroatoms. The second-order valence-electron chi connectivity index (χ2n) is 5.29. The van der Waals surface area contributed by atoms with E-state index in [-0.39, 0.29) is 5.91 Å². The minimum atomic E-state index is -0.424. The maximum Gasteiger partial charge on any atom is 0.251 e. The zero-order valence-electron chi connectivity index (χ0n) is 13.7. The van der Waals surface area contributed by atoms with Crippen LogP contribution in [0.2, 0.25) is 5.15 Å². The number of benzene rings is 1. The van der Waals surface area contributed by atoms with Crippen molar-refractivity contribution in [2.45, 2.75) is 26.7 Å². The Morgan fingerprint density at radius 3 is 2.79 bits per heavy atom. The second kappa shape index (κ2) is 8.59. The van der Waals surface area contributed by atoms with Crippen LogP contribution in [-0.4, -0.2) is 29.0 Å². The third-order valence-electron chi connectivity index (χ3n) is 3.44. The summed E-state index contributed by atoms with van der Waals surface area (Å²) in [6, 6.07) is 5.61. The van der Waals surface area contributed by atoms with Gasteiger partial charge in [0, 0.05) is 24.2 Å². The van der Waals surface area contributed by atoms with Crippen molar-refractivity contribution in [3.63, 3.8) is 0 Å². The zero-order valence-corrected chi connectivity index (χ0v) is 14.5. The van der Waals surface area contributed by atoms with Gasteiger partial charge in [0.25, 0.3) is 5.91 Å². The number of hydrogen-bond acceptors (Lipinski definition) is 4. The summed E-state index contributed by atoms with van der Waals surface area (Å²) in [5.74, 6) is 0.627. The number of nitrogens with one attached hydrogen (secondary N) is 2. The van der Waals surface area contributed by atoms with E-state index in [2.05, 4.69) is 20.6 Å². The summed E-state index contributed by atoms with van der Waals surface area (Å²) in [6.07, 6.45) is 1.43. The van der Waals surface area contributed by atoms with E-state index in [1.54, 1.807) is 13.0 Å². The molecule has 1 heterocycles. The van der Waals surface area contributed by atoms with Crippen molar-refractivity contribution in [1.82, 2.24) is 15.3 Å². The molecule has 2 aromatic rings. The van der Waals surface area contributed by atoms with Gasteiger partial charge in [-0.1, -0.05) is 24.6 Å². The third kappa shape index (κ3) is 4.89. The Labute approximate surface area is 145 Å². The van der Waals surface area contributed by atoms with E-state index in [0.29, 0.717) is 36.1 Å². The number of aromatic nitrogens is 2. The Hall–Kier alpha value is -2.21. The topological polar surface area (TPSA) is 66.9 Å². The van der Waals surface area contributed by atoms with Gasteiger partial charge in [0.2, 0.25) is 0 Å². The van der Waals surface area contributed by atoms with E-state index >= 15 is 0 Å². The van der Waals surface area contributed by atoms with Crippen LogP contribution in [0.3, 0.4) is 0 Å². The Morgan fingerprint density at radius 1 is 1.29 bits per heavy atom. The molecule has 0 saturated heterocycles. The average molecular weight is 351 g/mol. The largest absolute Gasteiger partial charge is 0.370 e. The van der Waals surface area contributed by atoms with Crippen LogP contribution in [0.1, 0.15) is 35.1 Å². The van der Waals surface area contributed by atoms with Crippen LogP contribution in [0.25, 0.3) is 0 Å². The molecule has 1 amide bonds. The minimum absolute atomic E-state index is 0.287. The van der Waals surface area contributed by atoms with Gasteiger partial charge in [-0.25, -0.2) is 14.4 Å². The zero-order chi connectivity index (χ0) is 17.5. The SMILES string of the molecule is CCc1c(Cl)nc(C)nc1NCCCNC(=O)c1cccc(F)c1. The minimum Gasteiger partial charge on any atom is -0.370 e. The average Bonchev–Trinajstić information content (AvgIpc) is 2.54. The second-order valence-corrected chi connectivity index (χ2v) is 5.65. The van der Waals surface area contributed by atoms with Gasteiger partial charge in [0.05, 0.1) is 0 Å². The highest BCUT2D eigenvalue weighted by Crippen LogP contribution is 2.21. The van der Waals surface area contributed by atoms with Crippen LogP contribution in [0.15, 0.2) is 24.3 Å². The lowest BCUT2D eigenvalue weighted by Gasteiger charge is -2.12. The number of nitrogens with zero attached hydrogens (tertiary/aromatic N) is 2. The standard InChI is InChI=1S/C17H20ClFN4O/c1-3-14-15(18)22-11(2)23-16(14)20-8-5-9-21-17(24)12-6-4-7-13(19)10-12/h4,6-7,10H,3,5,8-9H2,1-2H3,(H,21,24)(H,20,22,23). The summed E-state index contributed by atoms with van der Waals surface area (Å²) in [5, 5.41) is 6.45. The first-order chi connectivity index (χ1) is 11.5. The first-order valence-corrected chi connectivity index (χ1v) is 8.19. The van der Waals surface area contributed by atoms with Crippen molar-refractivity contribution in [2.24, 2.45) is 0 Å². The van der Waals surface area contributed by atoms with Gasteiger partial charge in [-0.05, 0) is 38.0 Å². The van der Waals surface area contributed by atoms with E-state index < -0.39 is 5.82 Å². The molecular formula is C17H20ClFN4O. The molecule has 0 radical (unpaired) electrons. The summed E-state index contributed by atoms with van der Waals surface area (Å²) in [5.41, 5.74) is 1.19. The van der Waals surface area contributed by atoms with Gasteiger partial charge in [-0.15, -0.1) is 0 Å². The van der Waals surface area contributed by atoms with Gasteiger partial charge < -0.3 is 10.6 Å². The summed E-state index contributed by atoms with van der Waals surface area (Å²) < 4.78 is 13.1. The molecule has 24 heavy (non-hydrogen) atoms. The molecule has 0 fully saturated rings. The molecule has 0 atom stereocenters. The van der Waals surface area contributed by atoms with Crippen LogP contribution in [-0.2, 0) is 6.42 Å². The van der Waals surface area contributed by atoms with Crippen molar-refractivity contribution < 1.29 is 9.18 Å². The number of halogens is 2. The molecule has 0 saturated carbocycles. The van der Waals surface area contributed by atoms with Gasteiger partial charge in [0.15, 0.2) is 0 Å². The first-order valence-electron chi connectivity index (χ1n) is 7.82. The van der Waals surface area contributed by atoms with E-state index in [9.17, 15) is 9.18 Å². The fourth-order valence-electron chi connectivity index (χ4n) is 2.25. The third-order valence-corrected chi connectivity index (χ3v) is 3.75. The molecule has 1 aromatic heterocycles. The summed E-state index contributed by atoms with van der Waals surface area (Å²) in [6.45, 7) is 4.88. The molecule has 0 bridgehead atoms. The molecule has 5 nitrogen and oxygen atoms in total. The highest BCUT2D eigenvalue weighted by Gasteiger charge is 2.10. The summed E-state index contributed by atoms with van der Waals surface area (Å²) >= 11 is 6.12. The van der Waals surface area contributed by atoms with Crippen molar-refractivity contribution in [3.05, 3.63) is 52.2 Å². The highest BCUT2D eigenvalue weighted by atomic mass is 35.5. The fraction of sp³-hybridized carbons (Fsp3) is 0.353. The predicted molar refractivity (Wildman–Crippen MR) is 93.0 cm³/mol. The molecule has 2 N–H and O–H groups in total. The smallest absolute Gasteiger partial charge is 0.251 e. The monoisotopic (exact) mass is 350 g/mol. The van der Waals surface area contributed by atoms with E-state index in [4.69, 9.17) is 11.6 Å². The lowest BCUT2D eigenvalue weighted by Crippen LogP contribution is -2.26. The van der Waals surface area contributed by atoms with E-state index in [0.717, 1.165) is 17.8 Å². The maximum absolute atomic E-state index is 13.1. The molecular weight excluding hydrogens is 331 g/mol. The summed E-state index contributed by atoms with van der Waals surface area (Å²) in [7, 11) is 0. The van der Waals surface area contributed by atoms with Crippen molar-refractivity contribution in [3.8, 4) is 0 Å². The lowest BCUT2D eigenvalue weighted by atomic mass is 10.2. The Kier molecular flexibility index (Phi) is 6.49. The van der Waals surface area contributed by atoms with E-state index in [1.807, 2.05) is 6.92 Å². The van der Waals surface area contributed by atoms with Crippen LogP contribution in [0.5, 0.6) is 0 Å². The number of rotatable bonds is 7. The van der Waals surface area contributed by atoms with Crippen molar-refractivity contribution in [2.75, 3.05) is 18.4 Å². The van der Waals surface area contributed by atoms with Gasteiger partial charge in [-0.3, -0.25) is 4.79 Å². The number of amides is 1. The number of carbonyl (C=O) groups is 1. The molecule has 128 valence electrons. The van der Waals surface area contributed by atoms with Crippen LogP contribution >= 0.6 is 11.6 Å². The van der Waals surface area contributed by atoms with Gasteiger partial charge in [-0.2, -0.15) is 0 Å². The van der Waals surface area contributed by atoms with Gasteiger partial charge >= 0.3 is 0 Å². The number of hydrogen-bond donors (Lipinski definition) is 2. The molecule has 0 spiro atoms. The molecule has 0 unspecified atom stereocenters. The quantitative estimate of drug-likeness (QED) is 0.593. The van der Waals surface area contributed by atoms with Crippen LogP contribution in [0, 0.1) is 12.7 Å². The first kappa shape index (κ1) is 18.1. The molecule has 0 aliphatic carbocycles. The van der Waals surface area contributed by atoms with Gasteiger partial charge in [0.1, 0.15) is 22.6 Å². The molecule has 0 aliphatic heterocycles. The van der Waals surface area contributed by atoms with Crippen molar-refractivity contribution in [1.29, 1.82) is 0 Å². The molecule has 0 aliphatic rings. The molecule has 2 rings (SSSR count). The molecule has 1 aromatic carbocycles. The Balaban J connectivity index is 1.80. The Morgan fingerprint density at radius 2 is 2.08 bits per heavy atom. The van der Waals surface area contributed by atoms with Crippen molar-refractivity contribution >= 4 is 23.3 Å². The van der Waals surface area contributed by atoms with Crippen LogP contribution in [0.4, 0.5) is 10.2 Å². The number of carbonyl (C=O) groups excluding carboxylic acids is 1. The highest BCUT2D eigenvalue weighted by molar-refractivity contribution is 6.30. The maximum atomic E-state index is 13.1. The number of anilines is 1. The Bertz CT molecular complexity index is 724. The fourth-order valence-corrected chi connectivity index (χ4v) is 2.60. The predicted octanol–water partition coefficient (Wildman–Crippen LogP) is 3.37.